The lowest BCUT2D eigenvalue weighted by Crippen LogP contribution is -2.22. The Kier molecular flexibility index (Phi) is 6.82. The van der Waals surface area contributed by atoms with Gasteiger partial charge < -0.3 is 4.74 Å². The Balaban J connectivity index is 1.67. The van der Waals surface area contributed by atoms with E-state index in [1.54, 1.807) is 12.1 Å². The second-order valence-electron chi connectivity index (χ2n) is 5.61. The van der Waals surface area contributed by atoms with Gasteiger partial charge in [0.1, 0.15) is 5.82 Å². The van der Waals surface area contributed by atoms with E-state index in [1.807, 2.05) is 12.1 Å². The van der Waals surface area contributed by atoms with Crippen LogP contribution in [0.2, 0.25) is 6.04 Å². The molecule has 0 heterocycles. The summed E-state index contributed by atoms with van der Waals surface area (Å²) in [6, 6.07) is 5.03. The van der Waals surface area contributed by atoms with E-state index in [9.17, 15) is 4.39 Å². The van der Waals surface area contributed by atoms with E-state index in [0.29, 0.717) is 24.7 Å². The number of rotatable bonds is 6. The molecular weight excluding hydrogens is 350 g/mol. The van der Waals surface area contributed by atoms with Crippen LogP contribution < -0.4 is 0 Å². The van der Waals surface area contributed by atoms with Gasteiger partial charge in [-0.1, -0.05) is 12.1 Å². The molecule has 0 bridgehead atoms. The van der Waals surface area contributed by atoms with Crippen molar-refractivity contribution in [2.24, 2.45) is 0 Å². The topological polar surface area (TPSA) is 9.23 Å². The normalized spacial score (nSPS) is 23.2. The molecular formula is C15H20Cl3FOSi. The van der Waals surface area contributed by atoms with Crippen molar-refractivity contribution < 1.29 is 9.13 Å². The van der Waals surface area contributed by atoms with Gasteiger partial charge in [-0.15, -0.1) is 33.2 Å². The van der Waals surface area contributed by atoms with Crippen LogP contribution in [0.1, 0.15) is 43.6 Å². The predicted molar refractivity (Wildman–Crippen MR) is 90.1 cm³/mol. The first-order valence-electron chi connectivity index (χ1n) is 7.38. The van der Waals surface area contributed by atoms with Crippen molar-refractivity contribution in [3.8, 4) is 0 Å². The molecule has 21 heavy (non-hydrogen) atoms. The third-order valence-electron chi connectivity index (χ3n) is 3.97. The fourth-order valence-corrected chi connectivity index (χ4v) is 4.57. The molecule has 2 rings (SSSR count). The highest BCUT2D eigenvalue weighted by molar-refractivity contribution is 7.64. The molecule has 1 fully saturated rings. The van der Waals surface area contributed by atoms with Gasteiger partial charge in [0.05, 0.1) is 6.10 Å². The van der Waals surface area contributed by atoms with Crippen molar-refractivity contribution in [3.05, 3.63) is 35.6 Å². The van der Waals surface area contributed by atoms with E-state index in [1.165, 1.54) is 5.56 Å². The first-order chi connectivity index (χ1) is 9.94. The van der Waals surface area contributed by atoms with Crippen LogP contribution in [-0.2, 0) is 4.74 Å². The van der Waals surface area contributed by atoms with Crippen LogP contribution in [0.5, 0.6) is 0 Å². The standard InChI is InChI=1S/C15H20Cl3FOSi/c16-21(17,18)11-1-10-20-15-8-4-13(5-9-15)12-2-6-14(19)7-3-12/h2-3,6-7,13,15H,1,4-5,8-11H2. The summed E-state index contributed by atoms with van der Waals surface area (Å²) in [6.07, 6.45) is 5.42. The zero-order valence-corrected chi connectivity index (χ0v) is 15.1. The fraction of sp³-hybridized carbons (Fsp3) is 0.600. The number of ether oxygens (including phenoxy) is 1. The van der Waals surface area contributed by atoms with E-state index < -0.39 is 6.00 Å². The number of hydrogen-bond acceptors (Lipinski definition) is 1. The number of benzene rings is 1. The predicted octanol–water partition coefficient (Wildman–Crippen LogP) is 5.91. The average molecular weight is 370 g/mol. The molecule has 1 aromatic rings. The summed E-state index contributed by atoms with van der Waals surface area (Å²) in [4.78, 5) is 0. The molecule has 0 radical (unpaired) electrons. The maximum Gasteiger partial charge on any atom is 0.341 e. The van der Waals surface area contributed by atoms with Crippen LogP contribution in [0.4, 0.5) is 4.39 Å². The van der Waals surface area contributed by atoms with Gasteiger partial charge >= 0.3 is 6.00 Å². The Bertz CT molecular complexity index is 428. The molecule has 0 amide bonds. The van der Waals surface area contributed by atoms with Crippen LogP contribution in [0.3, 0.4) is 0 Å². The van der Waals surface area contributed by atoms with Crippen molar-refractivity contribution in [2.75, 3.05) is 6.61 Å². The van der Waals surface area contributed by atoms with Gasteiger partial charge in [-0.2, -0.15) is 0 Å². The van der Waals surface area contributed by atoms with Gasteiger partial charge in [0.15, 0.2) is 0 Å². The van der Waals surface area contributed by atoms with Crippen LogP contribution in [-0.4, -0.2) is 18.7 Å². The maximum absolute atomic E-state index is 12.9. The molecule has 0 N–H and O–H groups in total. The summed E-state index contributed by atoms with van der Waals surface area (Å²) in [7, 11) is 0. The molecule has 0 aromatic heterocycles. The Hall–Kier alpha value is 0.197. The van der Waals surface area contributed by atoms with Crippen LogP contribution in [0.25, 0.3) is 0 Å². The van der Waals surface area contributed by atoms with Crippen molar-refractivity contribution in [2.45, 2.75) is 50.2 Å². The first kappa shape index (κ1) is 17.5. The van der Waals surface area contributed by atoms with Crippen molar-refractivity contribution in [1.29, 1.82) is 0 Å². The summed E-state index contributed by atoms with van der Waals surface area (Å²) < 4.78 is 18.8. The van der Waals surface area contributed by atoms with Crippen molar-refractivity contribution >= 4 is 39.2 Å². The summed E-state index contributed by atoms with van der Waals surface area (Å²) in [5.41, 5.74) is 1.23. The molecule has 1 aromatic carbocycles. The van der Waals surface area contributed by atoms with E-state index in [-0.39, 0.29) is 5.82 Å². The maximum atomic E-state index is 12.9. The highest BCUT2D eigenvalue weighted by Crippen LogP contribution is 2.34. The molecule has 1 aliphatic carbocycles. The lowest BCUT2D eigenvalue weighted by atomic mass is 9.83. The minimum Gasteiger partial charge on any atom is -0.378 e. The molecule has 0 saturated heterocycles. The van der Waals surface area contributed by atoms with Crippen LogP contribution >= 0.6 is 33.2 Å². The first-order valence-corrected chi connectivity index (χ1v) is 12.6. The molecule has 1 aliphatic rings. The number of halogens is 4. The molecule has 0 spiro atoms. The third-order valence-corrected chi connectivity index (χ3v) is 6.60. The molecule has 0 aliphatic heterocycles. The Morgan fingerprint density at radius 3 is 2.24 bits per heavy atom. The molecule has 1 nitrogen and oxygen atoms in total. The van der Waals surface area contributed by atoms with Gasteiger partial charge in [-0.05, 0) is 61.8 Å². The van der Waals surface area contributed by atoms with Crippen LogP contribution in [0.15, 0.2) is 24.3 Å². The van der Waals surface area contributed by atoms with Crippen LogP contribution in [0, 0.1) is 5.82 Å². The summed E-state index contributed by atoms with van der Waals surface area (Å²) >= 11 is 17.5. The molecule has 6 heteroatoms. The smallest absolute Gasteiger partial charge is 0.341 e. The van der Waals surface area contributed by atoms with E-state index in [4.69, 9.17) is 38.0 Å². The second kappa shape index (κ2) is 8.16. The highest BCUT2D eigenvalue weighted by Gasteiger charge is 2.25. The molecule has 1 saturated carbocycles. The van der Waals surface area contributed by atoms with Gasteiger partial charge in [0.25, 0.3) is 0 Å². The lowest BCUT2D eigenvalue weighted by Gasteiger charge is -2.29. The third kappa shape index (κ3) is 6.45. The molecule has 0 atom stereocenters. The Labute approximate surface area is 140 Å². The molecule has 0 unspecified atom stereocenters. The zero-order chi connectivity index (χ0) is 15.3. The fourth-order valence-electron chi connectivity index (χ4n) is 2.82. The largest absolute Gasteiger partial charge is 0.378 e. The summed E-state index contributed by atoms with van der Waals surface area (Å²) in [6.45, 7) is 0.673. The SMILES string of the molecule is Fc1ccc(C2CCC(OCCC[Si](Cl)(Cl)Cl)CC2)cc1. The van der Waals surface area contributed by atoms with Gasteiger partial charge in [-0.25, -0.2) is 4.39 Å². The van der Waals surface area contributed by atoms with E-state index in [2.05, 4.69) is 0 Å². The highest BCUT2D eigenvalue weighted by atomic mass is 35.8. The van der Waals surface area contributed by atoms with E-state index in [0.717, 1.165) is 32.1 Å². The second-order valence-corrected chi connectivity index (χ2v) is 14.9. The lowest BCUT2D eigenvalue weighted by molar-refractivity contribution is 0.0251. The monoisotopic (exact) mass is 368 g/mol. The minimum absolute atomic E-state index is 0.173. The quantitative estimate of drug-likeness (QED) is 0.344. The summed E-state index contributed by atoms with van der Waals surface area (Å²) in [5.74, 6) is 0.354. The Morgan fingerprint density at radius 1 is 1.05 bits per heavy atom. The summed E-state index contributed by atoms with van der Waals surface area (Å²) in [5, 5.41) is 0. The minimum atomic E-state index is -2.50. The average Bonchev–Trinajstić information content (AvgIpc) is 2.44. The number of hydrogen-bond donors (Lipinski definition) is 0. The molecule has 118 valence electrons. The van der Waals surface area contributed by atoms with Crippen molar-refractivity contribution in [3.63, 3.8) is 0 Å². The van der Waals surface area contributed by atoms with Crippen molar-refractivity contribution in [1.82, 2.24) is 0 Å². The van der Waals surface area contributed by atoms with Gasteiger partial charge in [0.2, 0.25) is 0 Å². The van der Waals surface area contributed by atoms with Gasteiger partial charge in [-0.3, -0.25) is 0 Å². The zero-order valence-electron chi connectivity index (χ0n) is 11.8. The van der Waals surface area contributed by atoms with Gasteiger partial charge in [0, 0.05) is 6.61 Å². The Morgan fingerprint density at radius 2 is 1.67 bits per heavy atom. The van der Waals surface area contributed by atoms with E-state index >= 15 is 0 Å².